The van der Waals surface area contributed by atoms with Crippen molar-refractivity contribution in [3.63, 3.8) is 0 Å². The standard InChI is InChI=1S/C16H14BrFN2O2/c17-14-2-1-7-19-16(14)22-13-9-20(10-13)15(21)8-11-3-5-12(18)6-4-11/h1-7,13H,8-10H2. The van der Waals surface area contributed by atoms with Crippen LogP contribution < -0.4 is 4.74 Å². The number of amides is 1. The molecule has 1 saturated heterocycles. The van der Waals surface area contributed by atoms with Gasteiger partial charge in [0.1, 0.15) is 11.9 Å². The zero-order chi connectivity index (χ0) is 15.5. The van der Waals surface area contributed by atoms with Crippen molar-refractivity contribution in [3.8, 4) is 5.88 Å². The summed E-state index contributed by atoms with van der Waals surface area (Å²) < 4.78 is 19.4. The van der Waals surface area contributed by atoms with Crippen molar-refractivity contribution in [2.45, 2.75) is 12.5 Å². The Morgan fingerprint density at radius 3 is 2.73 bits per heavy atom. The number of halogens is 2. The van der Waals surface area contributed by atoms with Crippen LogP contribution in [0.5, 0.6) is 5.88 Å². The predicted molar refractivity (Wildman–Crippen MR) is 83.0 cm³/mol. The first kappa shape index (κ1) is 15.0. The summed E-state index contributed by atoms with van der Waals surface area (Å²) in [5.74, 6) is 0.263. The van der Waals surface area contributed by atoms with E-state index >= 15 is 0 Å². The Morgan fingerprint density at radius 2 is 2.05 bits per heavy atom. The number of aromatic nitrogens is 1. The Hall–Kier alpha value is -1.95. The number of benzene rings is 1. The van der Waals surface area contributed by atoms with Crippen LogP contribution >= 0.6 is 15.9 Å². The molecular formula is C16H14BrFN2O2. The highest BCUT2D eigenvalue weighted by molar-refractivity contribution is 9.10. The molecule has 0 N–H and O–H groups in total. The molecule has 3 rings (SSSR count). The first-order valence-corrected chi connectivity index (χ1v) is 7.70. The van der Waals surface area contributed by atoms with E-state index in [2.05, 4.69) is 20.9 Å². The van der Waals surface area contributed by atoms with Gasteiger partial charge in [-0.3, -0.25) is 4.79 Å². The number of nitrogens with zero attached hydrogens (tertiary/aromatic N) is 2. The van der Waals surface area contributed by atoms with Gasteiger partial charge in [0.2, 0.25) is 11.8 Å². The number of hydrogen-bond donors (Lipinski definition) is 0. The number of hydrogen-bond acceptors (Lipinski definition) is 3. The summed E-state index contributed by atoms with van der Waals surface area (Å²) in [4.78, 5) is 18.0. The van der Waals surface area contributed by atoms with Crippen LogP contribution in [0.1, 0.15) is 5.56 Å². The van der Waals surface area contributed by atoms with Gasteiger partial charge in [0.15, 0.2) is 0 Å². The van der Waals surface area contributed by atoms with E-state index in [-0.39, 0.29) is 24.2 Å². The van der Waals surface area contributed by atoms with Crippen LogP contribution in [0.25, 0.3) is 0 Å². The quantitative estimate of drug-likeness (QED) is 0.837. The van der Waals surface area contributed by atoms with Gasteiger partial charge in [0.05, 0.1) is 24.0 Å². The van der Waals surface area contributed by atoms with E-state index in [1.807, 2.05) is 12.1 Å². The molecule has 0 unspecified atom stereocenters. The molecular weight excluding hydrogens is 351 g/mol. The van der Waals surface area contributed by atoms with Crippen LogP contribution in [0.15, 0.2) is 47.1 Å². The molecule has 6 heteroatoms. The maximum Gasteiger partial charge on any atom is 0.228 e. The molecule has 0 atom stereocenters. The van der Waals surface area contributed by atoms with Gasteiger partial charge in [0.25, 0.3) is 0 Å². The minimum absolute atomic E-state index is 0.0199. The van der Waals surface area contributed by atoms with Gasteiger partial charge in [-0.05, 0) is 45.8 Å². The van der Waals surface area contributed by atoms with E-state index < -0.39 is 0 Å². The molecule has 114 valence electrons. The van der Waals surface area contributed by atoms with Crippen LogP contribution in [0.2, 0.25) is 0 Å². The van der Waals surface area contributed by atoms with E-state index in [9.17, 15) is 9.18 Å². The lowest BCUT2D eigenvalue weighted by atomic mass is 10.1. The van der Waals surface area contributed by atoms with Crippen molar-refractivity contribution in [3.05, 3.63) is 58.4 Å². The Labute approximate surface area is 136 Å². The lowest BCUT2D eigenvalue weighted by Gasteiger charge is -2.38. The molecule has 2 heterocycles. The van der Waals surface area contributed by atoms with Crippen molar-refractivity contribution in [2.24, 2.45) is 0 Å². The van der Waals surface area contributed by atoms with Crippen LogP contribution in [0.4, 0.5) is 4.39 Å². The molecule has 2 aromatic rings. The maximum atomic E-state index is 12.8. The van der Waals surface area contributed by atoms with Crippen LogP contribution in [0.3, 0.4) is 0 Å². The maximum absolute atomic E-state index is 12.8. The average molecular weight is 365 g/mol. The monoisotopic (exact) mass is 364 g/mol. The van der Waals surface area contributed by atoms with Gasteiger partial charge in [0, 0.05) is 6.20 Å². The lowest BCUT2D eigenvalue weighted by Crippen LogP contribution is -2.56. The number of likely N-dealkylation sites (tertiary alicyclic amines) is 1. The molecule has 1 aromatic heterocycles. The predicted octanol–water partition coefficient (Wildman–Crippen LogP) is 2.82. The van der Waals surface area contributed by atoms with Crippen LogP contribution in [-0.2, 0) is 11.2 Å². The van der Waals surface area contributed by atoms with Crippen molar-refractivity contribution < 1.29 is 13.9 Å². The Bertz CT molecular complexity index is 672. The van der Waals surface area contributed by atoms with Gasteiger partial charge in [-0.2, -0.15) is 0 Å². The second kappa shape index (κ2) is 6.44. The SMILES string of the molecule is O=C(Cc1ccc(F)cc1)N1CC(Oc2ncccc2Br)C1. The number of carbonyl (C=O) groups is 1. The molecule has 1 aliphatic heterocycles. The summed E-state index contributed by atoms with van der Waals surface area (Å²) in [6.07, 6.45) is 1.90. The first-order chi connectivity index (χ1) is 10.6. The minimum Gasteiger partial charge on any atom is -0.470 e. The fourth-order valence-electron chi connectivity index (χ4n) is 2.22. The Balaban J connectivity index is 1.49. The van der Waals surface area contributed by atoms with E-state index in [4.69, 9.17) is 4.74 Å². The number of carbonyl (C=O) groups excluding carboxylic acids is 1. The minimum atomic E-state index is -0.297. The molecule has 22 heavy (non-hydrogen) atoms. The molecule has 4 nitrogen and oxygen atoms in total. The molecule has 0 bridgehead atoms. The van der Waals surface area contributed by atoms with Gasteiger partial charge in [-0.15, -0.1) is 0 Å². The average Bonchev–Trinajstić information content (AvgIpc) is 2.46. The van der Waals surface area contributed by atoms with E-state index in [0.717, 1.165) is 10.0 Å². The summed E-state index contributed by atoms with van der Waals surface area (Å²) in [6.45, 7) is 1.09. The van der Waals surface area contributed by atoms with Crippen molar-refractivity contribution in [1.82, 2.24) is 9.88 Å². The largest absolute Gasteiger partial charge is 0.470 e. The normalized spacial score (nSPS) is 14.5. The molecule has 1 aliphatic rings. The van der Waals surface area contributed by atoms with Crippen LogP contribution in [-0.4, -0.2) is 35.0 Å². The topological polar surface area (TPSA) is 42.4 Å². The highest BCUT2D eigenvalue weighted by Gasteiger charge is 2.32. The zero-order valence-electron chi connectivity index (χ0n) is 11.7. The highest BCUT2D eigenvalue weighted by atomic mass is 79.9. The summed E-state index contributed by atoms with van der Waals surface area (Å²) in [5, 5.41) is 0. The summed E-state index contributed by atoms with van der Waals surface area (Å²) >= 11 is 3.37. The van der Waals surface area contributed by atoms with E-state index in [1.54, 1.807) is 23.2 Å². The number of rotatable bonds is 4. The van der Waals surface area contributed by atoms with Crippen molar-refractivity contribution >= 4 is 21.8 Å². The molecule has 0 radical (unpaired) electrons. The Morgan fingerprint density at radius 1 is 1.32 bits per heavy atom. The molecule has 1 amide bonds. The third-order valence-corrected chi connectivity index (χ3v) is 4.08. The molecule has 1 fully saturated rings. The fourth-order valence-corrected chi connectivity index (χ4v) is 2.57. The number of pyridine rings is 1. The smallest absolute Gasteiger partial charge is 0.228 e. The third-order valence-electron chi connectivity index (χ3n) is 3.47. The summed E-state index contributed by atoms with van der Waals surface area (Å²) in [6, 6.07) is 9.67. The van der Waals surface area contributed by atoms with E-state index in [0.29, 0.717) is 19.0 Å². The molecule has 0 saturated carbocycles. The van der Waals surface area contributed by atoms with Crippen LogP contribution in [0, 0.1) is 5.82 Å². The van der Waals surface area contributed by atoms with Gasteiger partial charge in [-0.1, -0.05) is 12.1 Å². The second-order valence-corrected chi connectivity index (χ2v) is 5.99. The zero-order valence-corrected chi connectivity index (χ0v) is 13.3. The molecule has 0 aliphatic carbocycles. The first-order valence-electron chi connectivity index (χ1n) is 6.91. The Kier molecular flexibility index (Phi) is 4.38. The lowest BCUT2D eigenvalue weighted by molar-refractivity contribution is -0.139. The van der Waals surface area contributed by atoms with Crippen molar-refractivity contribution in [2.75, 3.05) is 13.1 Å². The third kappa shape index (κ3) is 3.44. The summed E-state index contributed by atoms with van der Waals surface area (Å²) in [7, 11) is 0. The fraction of sp³-hybridized carbons (Fsp3) is 0.250. The molecule has 1 aromatic carbocycles. The van der Waals surface area contributed by atoms with Crippen molar-refractivity contribution in [1.29, 1.82) is 0 Å². The van der Waals surface area contributed by atoms with Gasteiger partial charge in [-0.25, -0.2) is 9.37 Å². The van der Waals surface area contributed by atoms with Gasteiger partial charge >= 0.3 is 0 Å². The van der Waals surface area contributed by atoms with E-state index in [1.165, 1.54) is 12.1 Å². The van der Waals surface area contributed by atoms with Gasteiger partial charge < -0.3 is 9.64 Å². The second-order valence-electron chi connectivity index (χ2n) is 5.13. The highest BCUT2D eigenvalue weighted by Crippen LogP contribution is 2.24. The summed E-state index contributed by atoms with van der Waals surface area (Å²) in [5.41, 5.74) is 0.809. The molecule has 0 spiro atoms. The number of ether oxygens (including phenoxy) is 1.